The van der Waals surface area contributed by atoms with Crippen molar-refractivity contribution < 1.29 is 4.92 Å². The summed E-state index contributed by atoms with van der Waals surface area (Å²) in [7, 11) is 0. The maximum atomic E-state index is 9.77. The average molecular weight is 112 g/mol. The second-order valence-corrected chi connectivity index (χ2v) is 1.15. The Morgan fingerprint density at radius 2 is 2.50 bits per heavy atom. The van der Waals surface area contributed by atoms with Gasteiger partial charge >= 0.3 is 5.84 Å². The Morgan fingerprint density at radius 1 is 1.75 bits per heavy atom. The molecule has 8 heavy (non-hydrogen) atoms. The normalized spacial score (nSPS) is 15.2. The molecule has 0 atom stereocenters. The Bertz CT molecular complexity index is 171. The molecular weight excluding hydrogens is 110 g/mol. The molecule has 1 rings (SSSR count). The van der Waals surface area contributed by atoms with E-state index in [1.807, 2.05) is 0 Å². The van der Waals surface area contributed by atoms with Crippen LogP contribution in [-0.2, 0) is 0 Å². The quantitative estimate of drug-likeness (QED) is 0.319. The molecule has 1 aliphatic rings. The summed E-state index contributed by atoms with van der Waals surface area (Å²) in [4.78, 5) is 9.17. The predicted octanol–water partition coefficient (Wildman–Crippen LogP) is -0.292. The summed E-state index contributed by atoms with van der Waals surface area (Å²) < 4.78 is 0. The van der Waals surface area contributed by atoms with Crippen LogP contribution in [0, 0.1) is 10.1 Å². The monoisotopic (exact) mass is 112 g/mol. The second-order valence-electron chi connectivity index (χ2n) is 1.15. The van der Waals surface area contributed by atoms with Crippen LogP contribution in [0.1, 0.15) is 0 Å². The van der Waals surface area contributed by atoms with Gasteiger partial charge in [-0.15, -0.1) is 0 Å². The Balaban J connectivity index is 2.72. The van der Waals surface area contributed by atoms with Gasteiger partial charge in [0.25, 0.3) is 0 Å². The highest BCUT2D eigenvalue weighted by molar-refractivity contribution is 5.86. The Morgan fingerprint density at radius 3 is 2.75 bits per heavy atom. The zero-order chi connectivity index (χ0) is 5.98. The molecule has 0 aromatic carbocycles. The fourth-order valence-electron chi connectivity index (χ4n) is 0.323. The molecular formula is C3H2N3O2. The van der Waals surface area contributed by atoms with Gasteiger partial charge in [-0.2, -0.15) is 0 Å². The highest BCUT2D eigenvalue weighted by Crippen LogP contribution is 1.88. The van der Waals surface area contributed by atoms with Crippen LogP contribution < -0.4 is 5.43 Å². The zero-order valence-corrected chi connectivity index (χ0v) is 3.81. The third-order valence-corrected chi connectivity index (χ3v) is 0.638. The van der Waals surface area contributed by atoms with E-state index >= 15 is 0 Å². The molecule has 0 bridgehead atoms. The van der Waals surface area contributed by atoms with Crippen LogP contribution in [0.2, 0.25) is 0 Å². The predicted molar refractivity (Wildman–Crippen MR) is 25.7 cm³/mol. The minimum atomic E-state index is -0.590. The van der Waals surface area contributed by atoms with Crippen molar-refractivity contribution >= 4 is 5.84 Å². The van der Waals surface area contributed by atoms with Gasteiger partial charge in [0, 0.05) is 0 Å². The molecule has 1 aliphatic heterocycles. The minimum absolute atomic E-state index is 0.204. The van der Waals surface area contributed by atoms with Gasteiger partial charge in [0.15, 0.2) is 0 Å². The number of hydrogen-bond donors (Lipinski definition) is 0. The molecule has 0 aromatic heterocycles. The number of nitrogens with zero attached hydrogens (tertiary/aromatic N) is 3. The summed E-state index contributed by atoms with van der Waals surface area (Å²) >= 11 is 0. The maximum Gasteiger partial charge on any atom is 0.392 e. The smallest absolute Gasteiger partial charge is 0.358 e. The van der Waals surface area contributed by atoms with E-state index in [-0.39, 0.29) is 5.84 Å². The van der Waals surface area contributed by atoms with Crippen molar-refractivity contribution in [1.82, 2.24) is 5.43 Å². The fourth-order valence-corrected chi connectivity index (χ4v) is 0.323. The van der Waals surface area contributed by atoms with Crippen molar-refractivity contribution in [2.75, 3.05) is 0 Å². The number of rotatable bonds is 0. The van der Waals surface area contributed by atoms with Crippen LogP contribution in [0.4, 0.5) is 0 Å². The van der Waals surface area contributed by atoms with Gasteiger partial charge in [0.1, 0.15) is 0 Å². The summed E-state index contributed by atoms with van der Waals surface area (Å²) in [6, 6.07) is 0. The second kappa shape index (κ2) is 1.61. The van der Waals surface area contributed by atoms with Gasteiger partial charge in [-0.25, -0.2) is 0 Å². The highest BCUT2D eigenvalue weighted by Gasteiger charge is 2.12. The first-order valence-electron chi connectivity index (χ1n) is 1.89. The Labute approximate surface area is 44.8 Å². The first-order valence-corrected chi connectivity index (χ1v) is 1.89. The van der Waals surface area contributed by atoms with E-state index in [9.17, 15) is 10.1 Å². The van der Waals surface area contributed by atoms with Gasteiger partial charge in [0.05, 0.1) is 17.4 Å². The van der Waals surface area contributed by atoms with E-state index < -0.39 is 4.92 Å². The minimum Gasteiger partial charge on any atom is -0.358 e. The van der Waals surface area contributed by atoms with Crippen LogP contribution in [0.15, 0.2) is 17.4 Å². The first-order chi connectivity index (χ1) is 3.80. The summed E-state index contributed by atoms with van der Waals surface area (Å²) in [6.07, 6.45) is 2.51. The van der Waals surface area contributed by atoms with E-state index in [2.05, 4.69) is 10.5 Å². The van der Waals surface area contributed by atoms with Crippen LogP contribution in [0.25, 0.3) is 0 Å². The molecule has 1 heterocycles. The highest BCUT2D eigenvalue weighted by atomic mass is 16.6. The Hall–Kier alpha value is -1.39. The number of hydrogen-bond acceptors (Lipinski definition) is 3. The SMILES string of the molecule is O=[N+]([O-])C1=N[N]C=C1. The molecule has 0 saturated heterocycles. The van der Waals surface area contributed by atoms with E-state index in [1.165, 1.54) is 12.3 Å². The van der Waals surface area contributed by atoms with Crippen molar-refractivity contribution in [2.45, 2.75) is 0 Å². The molecule has 0 saturated carbocycles. The Kier molecular flexibility index (Phi) is 0.957. The van der Waals surface area contributed by atoms with Gasteiger partial charge in [-0.3, -0.25) is 0 Å². The van der Waals surface area contributed by atoms with E-state index in [1.54, 1.807) is 0 Å². The summed E-state index contributed by atoms with van der Waals surface area (Å²) in [6.45, 7) is 0. The molecule has 0 spiro atoms. The van der Waals surface area contributed by atoms with Crippen molar-refractivity contribution in [1.29, 1.82) is 0 Å². The topological polar surface area (TPSA) is 69.6 Å². The molecule has 0 N–H and O–H groups in total. The van der Waals surface area contributed by atoms with Gasteiger partial charge in [-0.05, 0) is 10.3 Å². The first kappa shape index (κ1) is 4.76. The zero-order valence-electron chi connectivity index (χ0n) is 3.81. The van der Waals surface area contributed by atoms with E-state index in [0.29, 0.717) is 0 Å². The standard InChI is InChI=1S/C3H2N3O2/c7-6(8)3-1-2-4-5-3/h1-2H. The lowest BCUT2D eigenvalue weighted by atomic mass is 10.6. The third kappa shape index (κ3) is 0.651. The number of nitro groups is 1. The molecule has 41 valence electrons. The van der Waals surface area contributed by atoms with Crippen molar-refractivity contribution in [3.63, 3.8) is 0 Å². The molecule has 0 fully saturated rings. The van der Waals surface area contributed by atoms with E-state index in [0.717, 1.165) is 0 Å². The van der Waals surface area contributed by atoms with E-state index in [4.69, 9.17) is 0 Å². The summed E-state index contributed by atoms with van der Waals surface area (Å²) in [5, 5.41) is 12.9. The summed E-state index contributed by atoms with van der Waals surface area (Å²) in [5.74, 6) is -0.204. The molecule has 0 aromatic rings. The molecule has 0 amide bonds. The molecule has 0 unspecified atom stereocenters. The largest absolute Gasteiger partial charge is 0.392 e. The molecule has 5 nitrogen and oxygen atoms in total. The van der Waals surface area contributed by atoms with Gasteiger partial charge in [-0.1, -0.05) is 0 Å². The maximum absolute atomic E-state index is 9.77. The van der Waals surface area contributed by atoms with Gasteiger partial charge in [0.2, 0.25) is 0 Å². The lowest BCUT2D eigenvalue weighted by molar-refractivity contribution is -0.348. The van der Waals surface area contributed by atoms with Crippen LogP contribution in [-0.4, -0.2) is 10.8 Å². The summed E-state index contributed by atoms with van der Waals surface area (Å²) in [5.41, 5.74) is 3.25. The van der Waals surface area contributed by atoms with Crippen molar-refractivity contribution in [2.24, 2.45) is 5.10 Å². The fraction of sp³-hybridized carbons (Fsp3) is 0. The van der Waals surface area contributed by atoms with Crippen molar-refractivity contribution in [3.05, 3.63) is 22.4 Å². The third-order valence-electron chi connectivity index (χ3n) is 0.638. The molecule has 5 heteroatoms. The van der Waals surface area contributed by atoms with Crippen LogP contribution in [0.3, 0.4) is 0 Å². The number of amidine groups is 1. The van der Waals surface area contributed by atoms with Crippen LogP contribution >= 0.6 is 0 Å². The lowest BCUT2D eigenvalue weighted by Crippen LogP contribution is -2.05. The molecule has 0 aliphatic carbocycles. The van der Waals surface area contributed by atoms with Gasteiger partial charge < -0.3 is 10.1 Å². The van der Waals surface area contributed by atoms with Crippen molar-refractivity contribution in [3.8, 4) is 0 Å². The average Bonchev–Trinajstić information content (AvgIpc) is 2.12. The van der Waals surface area contributed by atoms with Crippen LogP contribution in [0.5, 0.6) is 0 Å². The lowest BCUT2D eigenvalue weighted by Gasteiger charge is -1.82. The molecule has 1 radical (unpaired) electrons.